The van der Waals surface area contributed by atoms with Gasteiger partial charge in [-0.3, -0.25) is 0 Å². The van der Waals surface area contributed by atoms with E-state index in [9.17, 15) is 4.79 Å². The minimum atomic E-state index is -0.854. The normalized spacial score (nSPS) is 10.0. The van der Waals surface area contributed by atoms with Crippen LogP contribution in [-0.2, 0) is 0 Å². The lowest BCUT2D eigenvalue weighted by atomic mass is 10.2. The second-order valence-corrected chi connectivity index (χ2v) is 4.76. The van der Waals surface area contributed by atoms with Crippen LogP contribution in [0.4, 0.5) is 4.79 Å². The Bertz CT molecular complexity index is 621. The lowest BCUT2D eigenvalue weighted by Gasteiger charge is -2.12. The van der Waals surface area contributed by atoms with Crippen LogP contribution >= 0.6 is 0 Å². The molecule has 22 heavy (non-hydrogen) atoms. The van der Waals surface area contributed by atoms with Gasteiger partial charge in [-0.2, -0.15) is 0 Å². The third-order valence-corrected chi connectivity index (χ3v) is 3.02. The first kappa shape index (κ1) is 15.7. The summed E-state index contributed by atoms with van der Waals surface area (Å²) in [5.41, 5.74) is 1.88. The highest BCUT2D eigenvalue weighted by molar-refractivity contribution is 5.69. The molecule has 0 atom stereocenters. The number of aryl methyl sites for hydroxylation is 2. The van der Waals surface area contributed by atoms with E-state index in [1.807, 2.05) is 26.0 Å². The van der Waals surface area contributed by atoms with Gasteiger partial charge in [-0.15, -0.1) is 0 Å². The molecule has 0 radical (unpaired) electrons. The summed E-state index contributed by atoms with van der Waals surface area (Å²) in [6.07, 6.45) is -0.854. The number of carbonyl (C=O) groups is 1. The van der Waals surface area contributed by atoms with Crippen LogP contribution < -0.4 is 18.9 Å². The Kier molecular flexibility index (Phi) is 4.88. The van der Waals surface area contributed by atoms with Crippen LogP contribution in [0.3, 0.4) is 0 Å². The third-order valence-electron chi connectivity index (χ3n) is 3.02. The molecule has 0 amide bonds. The van der Waals surface area contributed by atoms with Crippen molar-refractivity contribution >= 4 is 6.16 Å². The van der Waals surface area contributed by atoms with Crippen molar-refractivity contribution in [3.8, 4) is 23.0 Å². The number of ether oxygens (including phenoxy) is 4. The zero-order valence-corrected chi connectivity index (χ0v) is 13.0. The van der Waals surface area contributed by atoms with Gasteiger partial charge in [-0.1, -0.05) is 12.1 Å². The van der Waals surface area contributed by atoms with Crippen LogP contribution in [0.5, 0.6) is 23.0 Å². The molecule has 2 aromatic carbocycles. The average molecular weight is 302 g/mol. The highest BCUT2D eigenvalue weighted by Crippen LogP contribution is 2.30. The van der Waals surface area contributed by atoms with Crippen molar-refractivity contribution in [2.45, 2.75) is 13.8 Å². The first-order valence-electron chi connectivity index (χ1n) is 6.72. The largest absolute Gasteiger partial charge is 0.519 e. The average Bonchev–Trinajstić information content (AvgIpc) is 2.47. The number of carbonyl (C=O) groups excluding carboxylic acids is 1. The van der Waals surface area contributed by atoms with Crippen LogP contribution in [0, 0.1) is 13.8 Å². The van der Waals surface area contributed by atoms with Crippen molar-refractivity contribution in [3.05, 3.63) is 47.5 Å². The molecule has 0 fully saturated rings. The minimum Gasteiger partial charge on any atom is -0.493 e. The van der Waals surface area contributed by atoms with E-state index in [2.05, 4.69) is 0 Å². The first-order chi connectivity index (χ1) is 10.5. The Balaban J connectivity index is 2.17. The monoisotopic (exact) mass is 302 g/mol. The van der Waals surface area contributed by atoms with Gasteiger partial charge in [0.05, 0.1) is 14.2 Å². The Morgan fingerprint density at radius 2 is 1.14 bits per heavy atom. The highest BCUT2D eigenvalue weighted by atomic mass is 16.7. The predicted molar refractivity (Wildman–Crippen MR) is 82.1 cm³/mol. The summed E-state index contributed by atoms with van der Waals surface area (Å²) in [6.45, 7) is 3.78. The van der Waals surface area contributed by atoms with E-state index >= 15 is 0 Å². The zero-order valence-electron chi connectivity index (χ0n) is 13.0. The molecule has 0 aliphatic rings. The molecule has 0 spiro atoms. The molecule has 0 aliphatic heterocycles. The van der Waals surface area contributed by atoms with Crippen LogP contribution in [-0.4, -0.2) is 20.4 Å². The van der Waals surface area contributed by atoms with E-state index < -0.39 is 6.16 Å². The molecule has 0 N–H and O–H groups in total. The van der Waals surface area contributed by atoms with Crippen molar-refractivity contribution < 1.29 is 23.7 Å². The van der Waals surface area contributed by atoms with Crippen LogP contribution in [0.25, 0.3) is 0 Å². The summed E-state index contributed by atoms with van der Waals surface area (Å²) >= 11 is 0. The Labute approximate surface area is 129 Å². The van der Waals surface area contributed by atoms with Gasteiger partial charge in [0, 0.05) is 0 Å². The number of hydrogen-bond donors (Lipinski definition) is 0. The van der Waals surface area contributed by atoms with E-state index in [4.69, 9.17) is 18.9 Å². The lowest BCUT2D eigenvalue weighted by Crippen LogP contribution is -2.15. The maximum Gasteiger partial charge on any atom is 0.519 e. The van der Waals surface area contributed by atoms with Gasteiger partial charge in [0.2, 0.25) is 0 Å². The molecule has 0 saturated heterocycles. The fourth-order valence-corrected chi connectivity index (χ4v) is 1.93. The molecule has 5 nitrogen and oxygen atoms in total. The van der Waals surface area contributed by atoms with E-state index in [-0.39, 0.29) is 0 Å². The van der Waals surface area contributed by atoms with Crippen molar-refractivity contribution in [3.63, 3.8) is 0 Å². The van der Waals surface area contributed by atoms with Gasteiger partial charge >= 0.3 is 6.16 Å². The third kappa shape index (κ3) is 3.69. The number of methoxy groups -OCH3 is 2. The molecule has 2 aromatic rings. The lowest BCUT2D eigenvalue weighted by molar-refractivity contribution is 0.148. The second-order valence-electron chi connectivity index (χ2n) is 4.76. The summed E-state index contributed by atoms with van der Waals surface area (Å²) in [5.74, 6) is 1.52. The second kappa shape index (κ2) is 6.85. The van der Waals surface area contributed by atoms with Crippen LogP contribution in [0.1, 0.15) is 11.1 Å². The standard InChI is InChI=1S/C17H18O5/c1-11-5-7-13(19-3)15(9-11)21-17(18)22-16-10-12(2)6-8-14(16)20-4/h5-10H,1-4H3. The smallest absolute Gasteiger partial charge is 0.493 e. The van der Waals surface area contributed by atoms with Gasteiger partial charge < -0.3 is 18.9 Å². The van der Waals surface area contributed by atoms with E-state index in [0.717, 1.165) is 11.1 Å². The molecule has 2 rings (SSSR count). The fourth-order valence-electron chi connectivity index (χ4n) is 1.93. The van der Waals surface area contributed by atoms with Crippen molar-refractivity contribution in [2.24, 2.45) is 0 Å². The SMILES string of the molecule is COc1ccc(C)cc1OC(=O)Oc1cc(C)ccc1OC. The number of benzene rings is 2. The quantitative estimate of drug-likeness (QED) is 0.633. The number of rotatable bonds is 4. The van der Waals surface area contributed by atoms with E-state index in [1.54, 1.807) is 24.3 Å². The highest BCUT2D eigenvalue weighted by Gasteiger charge is 2.15. The Hall–Kier alpha value is -2.69. The van der Waals surface area contributed by atoms with Crippen LogP contribution in [0.15, 0.2) is 36.4 Å². The van der Waals surface area contributed by atoms with Gasteiger partial charge in [-0.25, -0.2) is 4.79 Å². The molecule has 5 heteroatoms. The molecule has 0 heterocycles. The van der Waals surface area contributed by atoms with Gasteiger partial charge in [0.15, 0.2) is 23.0 Å². The van der Waals surface area contributed by atoms with Crippen molar-refractivity contribution in [2.75, 3.05) is 14.2 Å². The summed E-state index contributed by atoms with van der Waals surface area (Å²) in [6, 6.07) is 10.6. The van der Waals surface area contributed by atoms with Crippen molar-refractivity contribution in [1.29, 1.82) is 0 Å². The Morgan fingerprint density at radius 3 is 1.50 bits per heavy atom. The molecule has 116 valence electrons. The molecule has 0 unspecified atom stereocenters. The number of hydrogen-bond acceptors (Lipinski definition) is 5. The van der Waals surface area contributed by atoms with E-state index in [1.165, 1.54) is 14.2 Å². The molecule has 0 aromatic heterocycles. The summed E-state index contributed by atoms with van der Waals surface area (Å²) in [4.78, 5) is 12.0. The first-order valence-corrected chi connectivity index (χ1v) is 6.72. The van der Waals surface area contributed by atoms with Gasteiger partial charge in [0.25, 0.3) is 0 Å². The fraction of sp³-hybridized carbons (Fsp3) is 0.235. The maximum atomic E-state index is 12.0. The zero-order chi connectivity index (χ0) is 16.1. The molecular weight excluding hydrogens is 284 g/mol. The summed E-state index contributed by atoms with van der Waals surface area (Å²) in [5, 5.41) is 0. The molecule has 0 aliphatic carbocycles. The Morgan fingerprint density at radius 1 is 0.727 bits per heavy atom. The van der Waals surface area contributed by atoms with Crippen LogP contribution in [0.2, 0.25) is 0 Å². The summed E-state index contributed by atoms with van der Waals surface area (Å²) < 4.78 is 20.8. The van der Waals surface area contributed by atoms with Gasteiger partial charge in [0.1, 0.15) is 0 Å². The molecule has 0 bridgehead atoms. The molecular formula is C17H18O5. The van der Waals surface area contributed by atoms with Crippen molar-refractivity contribution in [1.82, 2.24) is 0 Å². The molecule has 0 saturated carbocycles. The van der Waals surface area contributed by atoms with E-state index in [0.29, 0.717) is 23.0 Å². The minimum absolute atomic E-state index is 0.305. The topological polar surface area (TPSA) is 54.0 Å². The predicted octanol–water partition coefficient (Wildman–Crippen LogP) is 3.90. The maximum absolute atomic E-state index is 12.0. The summed E-state index contributed by atoms with van der Waals surface area (Å²) in [7, 11) is 3.01. The van der Waals surface area contributed by atoms with Gasteiger partial charge in [-0.05, 0) is 49.2 Å².